The molecule has 0 radical (unpaired) electrons. The molecular formula is C8H11CuI2N5. The van der Waals surface area contributed by atoms with Crippen LogP contribution in [0.4, 0.5) is 5.82 Å². The average Bonchev–Trinajstić information content (AvgIpc) is 2.76. The van der Waals surface area contributed by atoms with Gasteiger partial charge in [-0.1, -0.05) is 0 Å². The van der Waals surface area contributed by atoms with E-state index in [4.69, 9.17) is 5.73 Å². The second-order valence-corrected chi connectivity index (χ2v) is 11.0. The third-order valence-corrected chi connectivity index (χ3v) is 1.89. The Balaban J connectivity index is 0.000000386. The topological polar surface area (TPSA) is 61.7 Å². The van der Waals surface area contributed by atoms with Crippen LogP contribution in [0.15, 0.2) is 18.6 Å². The number of nitrogen functional groups attached to an aromatic ring is 1. The van der Waals surface area contributed by atoms with Crippen molar-refractivity contribution < 1.29 is 8.46 Å². The predicted octanol–water partition coefficient (Wildman–Crippen LogP) is 2.27. The van der Waals surface area contributed by atoms with Gasteiger partial charge in [0.2, 0.25) is 0 Å². The van der Waals surface area contributed by atoms with Crippen LogP contribution in [-0.2, 0) is 15.5 Å². The van der Waals surface area contributed by atoms with Gasteiger partial charge in [-0.15, -0.1) is 0 Å². The van der Waals surface area contributed by atoms with E-state index >= 15 is 0 Å². The minimum atomic E-state index is 0.559. The molecule has 2 heterocycles. The molecule has 2 aromatic heterocycles. The number of halogens is 2. The van der Waals surface area contributed by atoms with Crippen LogP contribution in [0, 0.1) is 6.92 Å². The predicted molar refractivity (Wildman–Crippen MR) is 77.5 cm³/mol. The molecule has 2 N–H and O–H groups in total. The van der Waals surface area contributed by atoms with Crippen molar-refractivity contribution in [1.29, 1.82) is 0 Å². The van der Waals surface area contributed by atoms with Crippen molar-refractivity contribution in [2.75, 3.05) is 5.73 Å². The van der Waals surface area contributed by atoms with Crippen LogP contribution >= 0.6 is 40.7 Å². The Bertz CT molecular complexity index is 433. The number of hydrogen-bond donors (Lipinski definition) is 1. The van der Waals surface area contributed by atoms with Gasteiger partial charge >= 0.3 is 49.1 Å². The molecule has 0 aliphatic heterocycles. The van der Waals surface area contributed by atoms with Crippen LogP contribution in [0.25, 0.3) is 5.69 Å². The van der Waals surface area contributed by atoms with Gasteiger partial charge in [-0.2, -0.15) is 10.2 Å². The molecule has 0 unspecified atom stereocenters. The van der Waals surface area contributed by atoms with Crippen LogP contribution < -0.4 is 5.73 Å². The fourth-order valence-electron chi connectivity index (χ4n) is 1.13. The molecule has 2 aromatic rings. The number of rotatable bonds is 1. The number of anilines is 1. The molecule has 0 saturated heterocycles. The van der Waals surface area contributed by atoms with Crippen LogP contribution in [-0.4, -0.2) is 19.6 Å². The normalized spacial score (nSPS) is 10.0. The number of hydrogen-bond acceptors (Lipinski definition) is 3. The summed E-state index contributed by atoms with van der Waals surface area (Å²) in [5, 5.41) is 8.18. The molecule has 5 nitrogen and oxygen atoms in total. The van der Waals surface area contributed by atoms with Gasteiger partial charge in [-0.3, -0.25) is 4.68 Å². The van der Waals surface area contributed by atoms with E-state index in [1.54, 1.807) is 24.0 Å². The maximum absolute atomic E-state index is 5.63. The molecule has 0 atom stereocenters. The van der Waals surface area contributed by atoms with Gasteiger partial charge in [0, 0.05) is 18.8 Å². The quantitative estimate of drug-likeness (QED) is 0.489. The molecule has 0 saturated carbocycles. The number of aromatic nitrogens is 4. The van der Waals surface area contributed by atoms with E-state index in [1.165, 1.54) is 0 Å². The van der Waals surface area contributed by atoms with Gasteiger partial charge in [-0.05, 0) is 6.92 Å². The summed E-state index contributed by atoms with van der Waals surface area (Å²) in [7, 11) is 3.62. The molecule has 16 heavy (non-hydrogen) atoms. The van der Waals surface area contributed by atoms with Crippen molar-refractivity contribution in [1.82, 2.24) is 19.6 Å². The maximum atomic E-state index is 5.63. The summed E-state index contributed by atoms with van der Waals surface area (Å²) in [4.78, 5) is 0. The van der Waals surface area contributed by atoms with E-state index in [9.17, 15) is 0 Å². The molecule has 93 valence electrons. The molecule has 0 amide bonds. The van der Waals surface area contributed by atoms with Crippen LogP contribution in [0.5, 0.6) is 0 Å². The van der Waals surface area contributed by atoms with Crippen molar-refractivity contribution in [3.05, 3.63) is 24.2 Å². The number of nitrogens with two attached hydrogens (primary N) is 1. The molecule has 0 aromatic carbocycles. The van der Waals surface area contributed by atoms with Gasteiger partial charge in [0.1, 0.15) is 11.5 Å². The SMILES string of the molecule is Cc1cn(-c2cnn(C)c2)nc1N.[I][Cu][I]. The van der Waals surface area contributed by atoms with Gasteiger partial charge in [0.05, 0.1) is 12.4 Å². The standard InChI is InChI=1S/C8H11N5.Cu.2HI/c1-6-4-13(11-8(6)9)7-3-10-12(2)5-7;;;/h3-5H,1-2H3,(H2,9,11);;2*1H/q;+2;;/p-2. The molecular weight excluding hydrogens is 483 g/mol. The first kappa shape index (κ1) is 14.3. The second-order valence-electron chi connectivity index (χ2n) is 3.06. The zero-order valence-electron chi connectivity index (χ0n) is 8.66. The van der Waals surface area contributed by atoms with E-state index in [-0.39, 0.29) is 0 Å². The Labute approximate surface area is 123 Å². The van der Waals surface area contributed by atoms with Crippen LogP contribution in [0.1, 0.15) is 5.56 Å². The molecule has 2 rings (SSSR count). The first-order valence-electron chi connectivity index (χ1n) is 4.20. The Hall–Kier alpha value is 0.199. The van der Waals surface area contributed by atoms with Gasteiger partial charge in [-0.25, -0.2) is 4.68 Å². The zero-order valence-corrected chi connectivity index (χ0v) is 13.9. The van der Waals surface area contributed by atoms with Gasteiger partial charge < -0.3 is 5.73 Å². The van der Waals surface area contributed by atoms with E-state index in [0.717, 1.165) is 11.3 Å². The Morgan fingerprint density at radius 1 is 1.38 bits per heavy atom. The van der Waals surface area contributed by atoms with Crippen LogP contribution in [0.3, 0.4) is 0 Å². The molecule has 0 fully saturated rings. The van der Waals surface area contributed by atoms with E-state index in [1.807, 2.05) is 26.4 Å². The average molecular weight is 495 g/mol. The zero-order chi connectivity index (χ0) is 12.1. The van der Waals surface area contributed by atoms with Crippen molar-refractivity contribution in [2.24, 2.45) is 7.05 Å². The molecule has 0 bridgehead atoms. The third-order valence-electron chi connectivity index (χ3n) is 1.89. The summed E-state index contributed by atoms with van der Waals surface area (Å²) < 4.78 is 3.44. The summed E-state index contributed by atoms with van der Waals surface area (Å²) in [6.07, 6.45) is 5.50. The summed E-state index contributed by atoms with van der Waals surface area (Å²) in [5.74, 6) is 0.559. The van der Waals surface area contributed by atoms with Crippen molar-refractivity contribution >= 4 is 46.5 Å². The third kappa shape index (κ3) is 3.90. The monoisotopic (exact) mass is 494 g/mol. The number of aryl methyl sites for hydroxylation is 2. The number of nitrogens with zero attached hydrogens (tertiary/aromatic N) is 4. The Morgan fingerprint density at radius 2 is 2.00 bits per heavy atom. The molecule has 8 heteroatoms. The van der Waals surface area contributed by atoms with Crippen molar-refractivity contribution in [3.63, 3.8) is 0 Å². The molecule has 0 spiro atoms. The molecule has 0 aliphatic carbocycles. The fourth-order valence-corrected chi connectivity index (χ4v) is 1.13. The summed E-state index contributed by atoms with van der Waals surface area (Å²) >= 11 is 4.36. The fraction of sp³-hybridized carbons (Fsp3) is 0.250. The first-order chi connectivity index (χ1) is 7.58. The summed E-state index contributed by atoms with van der Waals surface area (Å²) in [6, 6.07) is 0. The summed E-state index contributed by atoms with van der Waals surface area (Å²) in [5.41, 5.74) is 7.52. The first-order valence-corrected chi connectivity index (χ1v) is 10.3. The van der Waals surface area contributed by atoms with Crippen molar-refractivity contribution in [3.8, 4) is 5.69 Å². The summed E-state index contributed by atoms with van der Waals surface area (Å²) in [6.45, 7) is 1.93. The van der Waals surface area contributed by atoms with E-state index in [0.29, 0.717) is 5.82 Å². The Morgan fingerprint density at radius 3 is 2.38 bits per heavy atom. The van der Waals surface area contributed by atoms with Gasteiger partial charge in [0.25, 0.3) is 0 Å². The van der Waals surface area contributed by atoms with Gasteiger partial charge in [0.15, 0.2) is 0 Å². The van der Waals surface area contributed by atoms with E-state index < -0.39 is 0 Å². The Kier molecular flexibility index (Phi) is 6.08. The molecule has 0 aliphatic rings. The van der Waals surface area contributed by atoms with E-state index in [2.05, 4.69) is 50.9 Å². The van der Waals surface area contributed by atoms with Crippen molar-refractivity contribution in [2.45, 2.75) is 6.92 Å². The second kappa shape index (κ2) is 6.82. The van der Waals surface area contributed by atoms with Crippen LogP contribution in [0.2, 0.25) is 0 Å². The minimum absolute atomic E-state index is 0.559.